The predicted molar refractivity (Wildman–Crippen MR) is 110 cm³/mol. The number of anilines is 2. The summed E-state index contributed by atoms with van der Waals surface area (Å²) in [5.41, 5.74) is 2.65. The van der Waals surface area contributed by atoms with Crippen molar-refractivity contribution < 1.29 is 13.9 Å². The molecule has 2 aromatic carbocycles. The van der Waals surface area contributed by atoms with Gasteiger partial charge in [-0.2, -0.15) is 0 Å². The molecular weight excluding hydrogens is 379 g/mol. The molecule has 2 heterocycles. The van der Waals surface area contributed by atoms with Crippen LogP contribution in [-0.4, -0.2) is 49.2 Å². The maximum absolute atomic E-state index is 13.0. The lowest BCUT2D eigenvalue weighted by Gasteiger charge is -2.34. The standard InChI is InChI=1S/C20H21FN4O2S/c1-13-3-8-16(27-2)17-18(13)28-20(23-17)25-11-9-24(10-12-25)19(26)22-15-6-4-14(21)5-7-15/h3-8H,9-12H2,1-2H3,(H,22,26). The Labute approximate surface area is 166 Å². The predicted octanol–water partition coefficient (Wildman–Crippen LogP) is 4.11. The average molecular weight is 400 g/mol. The van der Waals surface area contributed by atoms with Crippen molar-refractivity contribution in [3.8, 4) is 5.75 Å². The molecule has 0 radical (unpaired) electrons. The number of carbonyl (C=O) groups excluding carboxylic acids is 1. The summed E-state index contributed by atoms with van der Waals surface area (Å²) in [4.78, 5) is 21.2. The maximum Gasteiger partial charge on any atom is 0.321 e. The molecular formula is C20H21FN4O2S. The van der Waals surface area contributed by atoms with Gasteiger partial charge >= 0.3 is 6.03 Å². The fourth-order valence-corrected chi connectivity index (χ4v) is 4.34. The molecule has 3 aromatic rings. The minimum absolute atomic E-state index is 0.173. The number of urea groups is 1. The van der Waals surface area contributed by atoms with Crippen LogP contribution in [0.1, 0.15) is 5.56 Å². The number of thiazole rings is 1. The summed E-state index contributed by atoms with van der Waals surface area (Å²) in [5, 5.41) is 3.76. The number of hydrogen-bond acceptors (Lipinski definition) is 5. The Morgan fingerprint density at radius 3 is 2.54 bits per heavy atom. The number of amides is 2. The third-order valence-electron chi connectivity index (χ3n) is 4.84. The summed E-state index contributed by atoms with van der Waals surface area (Å²) in [5.74, 6) is 0.453. The van der Waals surface area contributed by atoms with E-state index in [0.717, 1.165) is 21.1 Å². The van der Waals surface area contributed by atoms with Crippen molar-refractivity contribution in [1.29, 1.82) is 0 Å². The van der Waals surface area contributed by atoms with E-state index in [-0.39, 0.29) is 11.8 Å². The molecule has 6 nitrogen and oxygen atoms in total. The van der Waals surface area contributed by atoms with Gasteiger partial charge in [-0.15, -0.1) is 0 Å². The Hall–Kier alpha value is -2.87. The first-order chi connectivity index (χ1) is 13.5. The Morgan fingerprint density at radius 2 is 1.86 bits per heavy atom. The van der Waals surface area contributed by atoms with E-state index in [0.29, 0.717) is 31.9 Å². The second-order valence-corrected chi connectivity index (χ2v) is 7.65. The van der Waals surface area contributed by atoms with Gasteiger partial charge in [0, 0.05) is 31.9 Å². The minimum Gasteiger partial charge on any atom is -0.494 e. The topological polar surface area (TPSA) is 57.7 Å². The summed E-state index contributed by atoms with van der Waals surface area (Å²) >= 11 is 1.65. The number of rotatable bonds is 3. The molecule has 146 valence electrons. The number of piperazine rings is 1. The molecule has 1 aliphatic rings. The number of benzene rings is 2. The lowest BCUT2D eigenvalue weighted by atomic mass is 10.2. The summed E-state index contributed by atoms with van der Waals surface area (Å²) in [7, 11) is 1.65. The molecule has 0 saturated carbocycles. The van der Waals surface area contributed by atoms with Crippen molar-refractivity contribution in [3.63, 3.8) is 0 Å². The molecule has 1 saturated heterocycles. The van der Waals surface area contributed by atoms with Crippen LogP contribution in [0.2, 0.25) is 0 Å². The highest BCUT2D eigenvalue weighted by molar-refractivity contribution is 7.22. The van der Waals surface area contributed by atoms with Crippen molar-refractivity contribution in [2.45, 2.75) is 6.92 Å². The molecule has 0 bridgehead atoms. The first kappa shape index (κ1) is 18.5. The summed E-state index contributed by atoms with van der Waals surface area (Å²) < 4.78 is 19.6. The second-order valence-electron chi connectivity index (χ2n) is 6.67. The fourth-order valence-electron chi connectivity index (χ4n) is 3.23. The van der Waals surface area contributed by atoms with E-state index >= 15 is 0 Å². The monoisotopic (exact) mass is 400 g/mol. The zero-order valence-corrected chi connectivity index (χ0v) is 16.6. The number of halogens is 1. The lowest BCUT2D eigenvalue weighted by molar-refractivity contribution is 0.208. The molecule has 1 fully saturated rings. The number of hydrogen-bond donors (Lipinski definition) is 1. The van der Waals surface area contributed by atoms with Crippen LogP contribution in [-0.2, 0) is 0 Å². The van der Waals surface area contributed by atoms with Crippen LogP contribution in [0.15, 0.2) is 36.4 Å². The minimum atomic E-state index is -0.325. The van der Waals surface area contributed by atoms with Crippen molar-refractivity contribution in [2.24, 2.45) is 0 Å². The second kappa shape index (κ2) is 7.63. The van der Waals surface area contributed by atoms with E-state index in [4.69, 9.17) is 9.72 Å². The number of fused-ring (bicyclic) bond motifs is 1. The van der Waals surface area contributed by atoms with Crippen molar-refractivity contribution in [2.75, 3.05) is 43.5 Å². The maximum atomic E-state index is 13.0. The van der Waals surface area contributed by atoms with Gasteiger partial charge in [-0.25, -0.2) is 14.2 Å². The van der Waals surface area contributed by atoms with E-state index in [1.165, 1.54) is 17.7 Å². The number of methoxy groups -OCH3 is 1. The Morgan fingerprint density at radius 1 is 1.14 bits per heavy atom. The number of nitrogens with one attached hydrogen (secondary N) is 1. The first-order valence-corrected chi connectivity index (χ1v) is 9.87. The van der Waals surface area contributed by atoms with Crippen LogP contribution in [0.5, 0.6) is 5.75 Å². The highest BCUT2D eigenvalue weighted by atomic mass is 32.1. The van der Waals surface area contributed by atoms with Crippen LogP contribution >= 0.6 is 11.3 Å². The summed E-state index contributed by atoms with van der Waals surface area (Å²) in [6.45, 7) is 4.68. The quantitative estimate of drug-likeness (QED) is 0.719. The first-order valence-electron chi connectivity index (χ1n) is 9.06. The third-order valence-corrected chi connectivity index (χ3v) is 6.10. The van der Waals surface area contributed by atoms with Crippen molar-refractivity contribution in [3.05, 3.63) is 47.8 Å². The molecule has 0 spiro atoms. The normalized spacial score (nSPS) is 14.4. The van der Waals surface area contributed by atoms with E-state index in [1.807, 2.05) is 12.1 Å². The number of ether oxygens (including phenoxy) is 1. The van der Waals surface area contributed by atoms with Gasteiger partial charge in [-0.3, -0.25) is 0 Å². The highest BCUT2D eigenvalue weighted by Crippen LogP contribution is 2.36. The largest absolute Gasteiger partial charge is 0.494 e. The number of aromatic nitrogens is 1. The van der Waals surface area contributed by atoms with Gasteiger partial charge < -0.3 is 19.9 Å². The third kappa shape index (κ3) is 3.60. The Bertz CT molecular complexity index is 997. The van der Waals surface area contributed by atoms with Crippen LogP contribution in [0.25, 0.3) is 10.2 Å². The Kier molecular flexibility index (Phi) is 5.04. The smallest absolute Gasteiger partial charge is 0.321 e. The van der Waals surface area contributed by atoms with Crippen LogP contribution in [0.4, 0.5) is 20.0 Å². The van der Waals surface area contributed by atoms with Crippen LogP contribution < -0.4 is 15.0 Å². The number of nitrogens with zero attached hydrogens (tertiary/aromatic N) is 3. The Balaban J connectivity index is 1.42. The zero-order valence-electron chi connectivity index (χ0n) is 15.7. The van der Waals surface area contributed by atoms with Gasteiger partial charge in [0.25, 0.3) is 0 Å². The molecule has 0 atom stereocenters. The molecule has 28 heavy (non-hydrogen) atoms. The van der Waals surface area contributed by atoms with Gasteiger partial charge in [0.1, 0.15) is 17.1 Å². The van der Waals surface area contributed by atoms with E-state index < -0.39 is 0 Å². The van der Waals surface area contributed by atoms with Crippen LogP contribution in [0, 0.1) is 12.7 Å². The molecule has 8 heteroatoms. The van der Waals surface area contributed by atoms with E-state index in [1.54, 1.807) is 35.5 Å². The average Bonchev–Trinajstić information content (AvgIpc) is 3.16. The van der Waals surface area contributed by atoms with E-state index in [9.17, 15) is 9.18 Å². The number of aryl methyl sites for hydroxylation is 1. The van der Waals surface area contributed by atoms with Crippen molar-refractivity contribution in [1.82, 2.24) is 9.88 Å². The van der Waals surface area contributed by atoms with Gasteiger partial charge in [0.05, 0.1) is 11.8 Å². The molecule has 1 aliphatic heterocycles. The molecule has 1 aromatic heterocycles. The van der Waals surface area contributed by atoms with Gasteiger partial charge in [-0.05, 0) is 42.8 Å². The number of carbonyl (C=O) groups is 1. The molecule has 0 unspecified atom stereocenters. The molecule has 4 rings (SSSR count). The van der Waals surface area contributed by atoms with Gasteiger partial charge in [0.2, 0.25) is 0 Å². The fraction of sp³-hybridized carbons (Fsp3) is 0.300. The molecule has 2 amide bonds. The van der Waals surface area contributed by atoms with E-state index in [2.05, 4.69) is 17.1 Å². The summed E-state index contributed by atoms with van der Waals surface area (Å²) in [6.07, 6.45) is 0. The van der Waals surface area contributed by atoms with Crippen LogP contribution in [0.3, 0.4) is 0 Å². The highest BCUT2D eigenvalue weighted by Gasteiger charge is 2.24. The lowest BCUT2D eigenvalue weighted by Crippen LogP contribution is -2.50. The van der Waals surface area contributed by atoms with Gasteiger partial charge in [-0.1, -0.05) is 17.4 Å². The summed E-state index contributed by atoms with van der Waals surface area (Å²) in [6, 6.07) is 9.59. The van der Waals surface area contributed by atoms with Gasteiger partial charge in [0.15, 0.2) is 5.13 Å². The SMILES string of the molecule is COc1ccc(C)c2sc(N3CCN(C(=O)Nc4ccc(F)cc4)CC3)nc12. The van der Waals surface area contributed by atoms with Crippen molar-refractivity contribution >= 4 is 38.4 Å². The molecule has 1 N–H and O–H groups in total. The molecule has 0 aliphatic carbocycles. The zero-order chi connectivity index (χ0) is 19.7.